The van der Waals surface area contributed by atoms with Crippen molar-refractivity contribution in [1.82, 2.24) is 4.90 Å². The summed E-state index contributed by atoms with van der Waals surface area (Å²) < 4.78 is 25.7. The first kappa shape index (κ1) is 14.7. The number of aliphatic hydroxyl groups is 1. The summed E-state index contributed by atoms with van der Waals surface area (Å²) in [6.45, 7) is 4.18. The van der Waals surface area contributed by atoms with Crippen LogP contribution in [0.15, 0.2) is 18.2 Å². The zero-order chi connectivity index (χ0) is 13.7. The molecule has 18 heavy (non-hydrogen) atoms. The Hall–Kier alpha value is -1.33. The summed E-state index contributed by atoms with van der Waals surface area (Å²) in [6.07, 6.45) is 0. The molecular weight excluding hydrogens is 240 g/mol. The molecule has 100 valence electrons. The molecular formula is C13H17F2NO2. The maximum Gasteiger partial charge on any atom is 0.176 e. The van der Waals surface area contributed by atoms with Gasteiger partial charge in [0.05, 0.1) is 13.2 Å². The highest BCUT2D eigenvalue weighted by molar-refractivity contribution is 5.97. The fraction of sp³-hybridized carbons (Fsp3) is 0.462. The van der Waals surface area contributed by atoms with E-state index in [1.165, 1.54) is 6.07 Å². The Kier molecular flexibility index (Phi) is 5.37. The molecule has 0 aliphatic heterocycles. The highest BCUT2D eigenvalue weighted by atomic mass is 19.2. The van der Waals surface area contributed by atoms with Gasteiger partial charge in [-0.25, -0.2) is 8.78 Å². The first-order chi connectivity index (χ1) is 8.45. The molecule has 1 aromatic carbocycles. The molecule has 1 rings (SSSR count). The summed E-state index contributed by atoms with van der Waals surface area (Å²) in [7, 11) is 0. The van der Waals surface area contributed by atoms with E-state index >= 15 is 0 Å². The van der Waals surface area contributed by atoms with Crippen molar-refractivity contribution < 1.29 is 18.7 Å². The standard InChI is InChI=1S/C13H17F2NO2/c1-9(2)16(5-6-17)8-13(18)10-3-4-11(14)12(15)7-10/h3-4,7,9,17H,5-6,8H2,1-2H3. The molecule has 0 aromatic heterocycles. The van der Waals surface area contributed by atoms with Crippen LogP contribution < -0.4 is 0 Å². The summed E-state index contributed by atoms with van der Waals surface area (Å²) in [5.74, 6) is -2.29. The van der Waals surface area contributed by atoms with E-state index in [0.29, 0.717) is 6.54 Å². The predicted molar refractivity (Wildman–Crippen MR) is 64.5 cm³/mol. The third-order valence-corrected chi connectivity index (χ3v) is 2.71. The molecule has 0 spiro atoms. The van der Waals surface area contributed by atoms with Crippen LogP contribution in [0.3, 0.4) is 0 Å². The number of hydrogen-bond acceptors (Lipinski definition) is 3. The lowest BCUT2D eigenvalue weighted by atomic mass is 10.1. The summed E-state index contributed by atoms with van der Waals surface area (Å²) in [4.78, 5) is 13.7. The lowest BCUT2D eigenvalue weighted by molar-refractivity contribution is 0.0881. The van der Waals surface area contributed by atoms with Gasteiger partial charge in [-0.1, -0.05) is 0 Å². The van der Waals surface area contributed by atoms with Crippen molar-refractivity contribution in [2.45, 2.75) is 19.9 Å². The number of rotatable bonds is 6. The molecule has 0 fully saturated rings. The molecule has 0 aliphatic carbocycles. The van der Waals surface area contributed by atoms with Crippen molar-refractivity contribution in [3.05, 3.63) is 35.4 Å². The molecule has 0 aliphatic rings. The first-order valence-corrected chi connectivity index (χ1v) is 5.79. The number of ketones is 1. The summed E-state index contributed by atoms with van der Waals surface area (Å²) in [5, 5.41) is 8.89. The van der Waals surface area contributed by atoms with Gasteiger partial charge in [0.25, 0.3) is 0 Å². The first-order valence-electron chi connectivity index (χ1n) is 5.79. The minimum absolute atomic E-state index is 0.0523. The molecule has 0 saturated carbocycles. The summed E-state index contributed by atoms with van der Waals surface area (Å²) in [5.41, 5.74) is 0.137. The fourth-order valence-corrected chi connectivity index (χ4v) is 1.59. The quantitative estimate of drug-likeness (QED) is 0.791. The van der Waals surface area contributed by atoms with E-state index in [1.54, 1.807) is 4.90 Å². The Morgan fingerprint density at radius 2 is 2.00 bits per heavy atom. The third-order valence-electron chi connectivity index (χ3n) is 2.71. The average molecular weight is 257 g/mol. The minimum Gasteiger partial charge on any atom is -0.395 e. The lowest BCUT2D eigenvalue weighted by Crippen LogP contribution is -2.37. The second kappa shape index (κ2) is 6.56. The number of benzene rings is 1. The zero-order valence-electron chi connectivity index (χ0n) is 10.5. The van der Waals surface area contributed by atoms with E-state index in [4.69, 9.17) is 5.11 Å². The molecule has 0 radical (unpaired) electrons. The zero-order valence-corrected chi connectivity index (χ0v) is 10.5. The van der Waals surface area contributed by atoms with Crippen molar-refractivity contribution in [3.63, 3.8) is 0 Å². The van der Waals surface area contributed by atoms with E-state index in [-0.39, 0.29) is 30.5 Å². The predicted octanol–water partition coefficient (Wildman–Crippen LogP) is 1.85. The molecule has 1 aromatic rings. The van der Waals surface area contributed by atoms with Crippen molar-refractivity contribution in [3.8, 4) is 0 Å². The molecule has 3 nitrogen and oxygen atoms in total. The van der Waals surface area contributed by atoms with Crippen molar-refractivity contribution in [1.29, 1.82) is 0 Å². The highest BCUT2D eigenvalue weighted by Gasteiger charge is 2.16. The van der Waals surface area contributed by atoms with Gasteiger partial charge in [-0.3, -0.25) is 9.69 Å². The number of halogens is 2. The normalized spacial score (nSPS) is 11.3. The van der Waals surface area contributed by atoms with Gasteiger partial charge in [-0.2, -0.15) is 0 Å². The van der Waals surface area contributed by atoms with Gasteiger partial charge in [0, 0.05) is 18.2 Å². The number of aliphatic hydroxyl groups excluding tert-OH is 1. The van der Waals surface area contributed by atoms with Gasteiger partial charge in [0.15, 0.2) is 17.4 Å². The Morgan fingerprint density at radius 3 is 2.50 bits per heavy atom. The van der Waals surface area contributed by atoms with Crippen LogP contribution in [0, 0.1) is 11.6 Å². The van der Waals surface area contributed by atoms with Gasteiger partial charge in [-0.15, -0.1) is 0 Å². The van der Waals surface area contributed by atoms with Gasteiger partial charge < -0.3 is 5.11 Å². The van der Waals surface area contributed by atoms with Gasteiger partial charge in [-0.05, 0) is 32.0 Å². The fourth-order valence-electron chi connectivity index (χ4n) is 1.59. The van der Waals surface area contributed by atoms with Crippen LogP contribution in [0.25, 0.3) is 0 Å². The van der Waals surface area contributed by atoms with E-state index in [0.717, 1.165) is 12.1 Å². The molecule has 0 heterocycles. The smallest absolute Gasteiger partial charge is 0.176 e. The second-order valence-electron chi connectivity index (χ2n) is 4.34. The van der Waals surface area contributed by atoms with Crippen molar-refractivity contribution in [2.24, 2.45) is 0 Å². The summed E-state index contributed by atoms with van der Waals surface area (Å²) >= 11 is 0. The van der Waals surface area contributed by atoms with E-state index in [9.17, 15) is 13.6 Å². The van der Waals surface area contributed by atoms with E-state index in [1.807, 2.05) is 13.8 Å². The molecule has 0 atom stereocenters. The lowest BCUT2D eigenvalue weighted by Gasteiger charge is -2.24. The van der Waals surface area contributed by atoms with Crippen LogP contribution in [-0.4, -0.2) is 41.5 Å². The maximum absolute atomic E-state index is 13.0. The van der Waals surface area contributed by atoms with Crippen LogP contribution >= 0.6 is 0 Å². The second-order valence-corrected chi connectivity index (χ2v) is 4.34. The molecule has 0 unspecified atom stereocenters. The Balaban J connectivity index is 2.77. The van der Waals surface area contributed by atoms with E-state index in [2.05, 4.69) is 0 Å². The number of carbonyl (C=O) groups is 1. The van der Waals surface area contributed by atoms with Gasteiger partial charge in [0.2, 0.25) is 0 Å². The Labute approximate surface area is 105 Å². The third kappa shape index (κ3) is 3.85. The van der Waals surface area contributed by atoms with Gasteiger partial charge in [0.1, 0.15) is 0 Å². The van der Waals surface area contributed by atoms with Crippen LogP contribution in [0.1, 0.15) is 24.2 Å². The molecule has 1 N–H and O–H groups in total. The number of hydrogen-bond donors (Lipinski definition) is 1. The maximum atomic E-state index is 13.0. The van der Waals surface area contributed by atoms with Crippen molar-refractivity contribution in [2.75, 3.05) is 19.7 Å². The van der Waals surface area contributed by atoms with E-state index < -0.39 is 11.6 Å². The van der Waals surface area contributed by atoms with Crippen LogP contribution in [-0.2, 0) is 0 Å². The Morgan fingerprint density at radius 1 is 1.33 bits per heavy atom. The monoisotopic (exact) mass is 257 g/mol. The number of nitrogens with zero attached hydrogens (tertiary/aromatic N) is 1. The molecule has 5 heteroatoms. The van der Waals surface area contributed by atoms with Crippen LogP contribution in [0.2, 0.25) is 0 Å². The van der Waals surface area contributed by atoms with Crippen molar-refractivity contribution >= 4 is 5.78 Å². The Bertz CT molecular complexity index is 421. The number of carbonyl (C=O) groups excluding carboxylic acids is 1. The summed E-state index contributed by atoms with van der Waals surface area (Å²) in [6, 6.07) is 3.19. The van der Waals surface area contributed by atoms with Crippen LogP contribution in [0.5, 0.6) is 0 Å². The average Bonchev–Trinajstić information content (AvgIpc) is 2.31. The molecule has 0 saturated heterocycles. The molecule has 0 bridgehead atoms. The number of Topliss-reactive ketones (excluding diaryl/α,β-unsaturated/α-hetero) is 1. The SMILES string of the molecule is CC(C)N(CCO)CC(=O)c1ccc(F)c(F)c1. The minimum atomic E-state index is -1.03. The topological polar surface area (TPSA) is 40.5 Å². The largest absolute Gasteiger partial charge is 0.395 e. The molecule has 0 amide bonds. The highest BCUT2D eigenvalue weighted by Crippen LogP contribution is 2.10. The van der Waals surface area contributed by atoms with Crippen LogP contribution in [0.4, 0.5) is 8.78 Å². The van der Waals surface area contributed by atoms with Gasteiger partial charge >= 0.3 is 0 Å².